The molecule has 5 N–H and O–H groups in total. The Hall–Kier alpha value is -2.28. The average Bonchev–Trinajstić information content (AvgIpc) is 2.38. The lowest BCUT2D eigenvalue weighted by Gasteiger charge is -2.15. The van der Waals surface area contributed by atoms with Gasteiger partial charge in [-0.1, -0.05) is 17.7 Å². The number of hydrogen-bond acceptors (Lipinski definition) is 3. The van der Waals surface area contributed by atoms with Gasteiger partial charge in [-0.25, -0.2) is 9.59 Å². The summed E-state index contributed by atoms with van der Waals surface area (Å²) in [5.41, 5.74) is 6.20. The van der Waals surface area contributed by atoms with Crippen molar-refractivity contribution in [2.75, 3.05) is 5.32 Å². The van der Waals surface area contributed by atoms with E-state index in [1.807, 2.05) is 0 Å². The fraction of sp³-hybridized carbons (Fsp3) is 0.308. The maximum absolute atomic E-state index is 11.8. The minimum absolute atomic E-state index is 0.0768. The first-order valence-electron chi connectivity index (χ1n) is 6.14. The second-order valence-corrected chi connectivity index (χ2v) is 4.89. The highest BCUT2D eigenvalue weighted by Gasteiger charge is 2.20. The second-order valence-electron chi connectivity index (χ2n) is 4.45. The summed E-state index contributed by atoms with van der Waals surface area (Å²) in [4.78, 5) is 33.5. The van der Waals surface area contributed by atoms with Gasteiger partial charge in [0.2, 0.25) is 5.91 Å². The molecule has 0 radical (unpaired) electrons. The number of nitrogens with two attached hydrogens (primary N) is 1. The van der Waals surface area contributed by atoms with Gasteiger partial charge in [-0.2, -0.15) is 0 Å². The number of carboxylic acids is 1. The van der Waals surface area contributed by atoms with Crippen molar-refractivity contribution in [3.8, 4) is 0 Å². The first kappa shape index (κ1) is 16.8. The molecule has 0 aliphatic rings. The van der Waals surface area contributed by atoms with Crippen LogP contribution in [-0.4, -0.2) is 29.1 Å². The Bertz CT molecular complexity index is 562. The van der Waals surface area contributed by atoms with E-state index in [2.05, 4.69) is 10.6 Å². The molecule has 3 amide bonds. The number of rotatable bonds is 6. The largest absolute Gasteiger partial charge is 0.480 e. The summed E-state index contributed by atoms with van der Waals surface area (Å²) in [6.45, 7) is 1.77. The predicted octanol–water partition coefficient (Wildman–Crippen LogP) is 1.49. The summed E-state index contributed by atoms with van der Waals surface area (Å²) in [7, 11) is 0. The van der Waals surface area contributed by atoms with E-state index in [0.717, 1.165) is 5.56 Å². The van der Waals surface area contributed by atoms with Gasteiger partial charge in [0, 0.05) is 17.1 Å². The van der Waals surface area contributed by atoms with Crippen molar-refractivity contribution in [3.63, 3.8) is 0 Å². The fourth-order valence-electron chi connectivity index (χ4n) is 1.59. The van der Waals surface area contributed by atoms with Crippen LogP contribution >= 0.6 is 11.6 Å². The summed E-state index contributed by atoms with van der Waals surface area (Å²) in [5, 5.41) is 14.2. The molecule has 0 saturated heterocycles. The number of anilines is 1. The molecule has 8 heteroatoms. The van der Waals surface area contributed by atoms with Crippen LogP contribution in [0.15, 0.2) is 18.2 Å². The van der Waals surface area contributed by atoms with Crippen molar-refractivity contribution in [2.24, 2.45) is 5.73 Å². The van der Waals surface area contributed by atoms with Crippen LogP contribution < -0.4 is 16.4 Å². The second kappa shape index (κ2) is 7.49. The van der Waals surface area contributed by atoms with Crippen LogP contribution in [0, 0.1) is 6.92 Å². The highest BCUT2D eigenvalue weighted by atomic mass is 35.5. The molecule has 0 fully saturated rings. The molecule has 0 saturated carbocycles. The quantitative estimate of drug-likeness (QED) is 0.635. The topological polar surface area (TPSA) is 122 Å². The number of halogens is 1. The number of primary amides is 1. The number of aryl methyl sites for hydroxylation is 1. The third-order valence-electron chi connectivity index (χ3n) is 2.73. The molecule has 1 aromatic rings. The number of carboxylic acid groups (broad SMARTS) is 1. The van der Waals surface area contributed by atoms with E-state index < -0.39 is 23.9 Å². The van der Waals surface area contributed by atoms with E-state index in [1.54, 1.807) is 25.1 Å². The van der Waals surface area contributed by atoms with Crippen molar-refractivity contribution >= 4 is 35.2 Å². The van der Waals surface area contributed by atoms with Crippen LogP contribution in [0.1, 0.15) is 18.4 Å². The summed E-state index contributed by atoms with van der Waals surface area (Å²) < 4.78 is 0. The average molecular weight is 314 g/mol. The number of amides is 3. The SMILES string of the molecule is Cc1ccc(Cl)cc1NC(=O)NC(CCC(N)=O)C(=O)O. The Kier molecular flexibility index (Phi) is 5.98. The van der Waals surface area contributed by atoms with Gasteiger partial charge < -0.3 is 21.5 Å². The first-order valence-corrected chi connectivity index (χ1v) is 6.52. The molecular formula is C13H16ClN3O4. The Morgan fingerprint density at radius 1 is 1.38 bits per heavy atom. The van der Waals surface area contributed by atoms with Crippen molar-refractivity contribution in [2.45, 2.75) is 25.8 Å². The molecule has 1 rings (SSSR count). The maximum Gasteiger partial charge on any atom is 0.326 e. The molecule has 7 nitrogen and oxygen atoms in total. The van der Waals surface area contributed by atoms with Crippen LogP contribution in [-0.2, 0) is 9.59 Å². The van der Waals surface area contributed by atoms with Crippen LogP contribution in [0.25, 0.3) is 0 Å². The van der Waals surface area contributed by atoms with Gasteiger partial charge in [-0.05, 0) is 31.0 Å². The Labute approximate surface area is 126 Å². The van der Waals surface area contributed by atoms with Crippen molar-refractivity contribution in [1.29, 1.82) is 0 Å². The van der Waals surface area contributed by atoms with E-state index in [9.17, 15) is 14.4 Å². The summed E-state index contributed by atoms with van der Waals surface area (Å²) in [6.07, 6.45) is -0.208. The monoisotopic (exact) mass is 313 g/mol. The van der Waals surface area contributed by atoms with E-state index in [-0.39, 0.29) is 12.8 Å². The number of urea groups is 1. The molecule has 0 heterocycles. The maximum atomic E-state index is 11.8. The van der Waals surface area contributed by atoms with E-state index in [0.29, 0.717) is 10.7 Å². The number of nitrogens with one attached hydrogen (secondary N) is 2. The third kappa shape index (κ3) is 5.70. The van der Waals surface area contributed by atoms with E-state index in [1.165, 1.54) is 0 Å². The van der Waals surface area contributed by atoms with E-state index >= 15 is 0 Å². The number of carbonyl (C=O) groups excluding carboxylic acids is 2. The normalized spacial score (nSPS) is 11.5. The zero-order valence-corrected chi connectivity index (χ0v) is 12.1. The Morgan fingerprint density at radius 3 is 2.62 bits per heavy atom. The minimum atomic E-state index is -1.24. The third-order valence-corrected chi connectivity index (χ3v) is 2.97. The highest BCUT2D eigenvalue weighted by Crippen LogP contribution is 2.20. The minimum Gasteiger partial charge on any atom is -0.480 e. The van der Waals surface area contributed by atoms with E-state index in [4.69, 9.17) is 22.4 Å². The molecule has 0 aliphatic carbocycles. The summed E-state index contributed by atoms with van der Waals surface area (Å²) >= 11 is 5.82. The number of hydrogen-bond donors (Lipinski definition) is 4. The molecular weight excluding hydrogens is 298 g/mol. The first-order chi connectivity index (χ1) is 9.79. The van der Waals surface area contributed by atoms with Gasteiger partial charge in [-0.3, -0.25) is 4.79 Å². The lowest BCUT2D eigenvalue weighted by atomic mass is 10.1. The molecule has 21 heavy (non-hydrogen) atoms. The molecule has 114 valence electrons. The number of carbonyl (C=O) groups is 3. The fourth-order valence-corrected chi connectivity index (χ4v) is 1.76. The van der Waals surface area contributed by atoms with Crippen LogP contribution in [0.3, 0.4) is 0 Å². The van der Waals surface area contributed by atoms with Gasteiger partial charge in [0.15, 0.2) is 0 Å². The zero-order chi connectivity index (χ0) is 16.0. The molecule has 0 bridgehead atoms. The zero-order valence-electron chi connectivity index (χ0n) is 11.4. The van der Waals surface area contributed by atoms with Crippen molar-refractivity contribution in [1.82, 2.24) is 5.32 Å². The lowest BCUT2D eigenvalue weighted by molar-refractivity contribution is -0.139. The van der Waals surface area contributed by atoms with Crippen LogP contribution in [0.5, 0.6) is 0 Å². The summed E-state index contributed by atoms with van der Waals surface area (Å²) in [5.74, 6) is -1.87. The molecule has 1 aromatic carbocycles. The number of benzene rings is 1. The van der Waals surface area contributed by atoms with Gasteiger partial charge in [0.1, 0.15) is 6.04 Å². The van der Waals surface area contributed by atoms with Gasteiger partial charge in [0.25, 0.3) is 0 Å². The van der Waals surface area contributed by atoms with Gasteiger partial charge >= 0.3 is 12.0 Å². The molecule has 0 aliphatic heterocycles. The van der Waals surface area contributed by atoms with Crippen LogP contribution in [0.2, 0.25) is 5.02 Å². The van der Waals surface area contributed by atoms with Crippen molar-refractivity contribution < 1.29 is 19.5 Å². The smallest absolute Gasteiger partial charge is 0.326 e. The summed E-state index contributed by atoms with van der Waals surface area (Å²) in [6, 6.07) is 3.05. The standard InChI is InChI=1S/C13H16ClN3O4/c1-7-2-3-8(14)6-10(7)17-13(21)16-9(12(19)20)4-5-11(15)18/h2-3,6,9H,4-5H2,1H3,(H2,15,18)(H,19,20)(H2,16,17,21). The molecule has 1 atom stereocenters. The lowest BCUT2D eigenvalue weighted by Crippen LogP contribution is -2.43. The molecule has 1 unspecified atom stereocenters. The Balaban J connectivity index is 2.67. The molecule has 0 aromatic heterocycles. The van der Waals surface area contributed by atoms with Gasteiger partial charge in [0.05, 0.1) is 0 Å². The predicted molar refractivity (Wildman–Crippen MR) is 78.2 cm³/mol. The number of aliphatic carboxylic acids is 1. The van der Waals surface area contributed by atoms with Crippen molar-refractivity contribution in [3.05, 3.63) is 28.8 Å². The Morgan fingerprint density at radius 2 is 2.05 bits per heavy atom. The molecule has 0 spiro atoms. The van der Waals surface area contributed by atoms with Gasteiger partial charge in [-0.15, -0.1) is 0 Å². The highest BCUT2D eigenvalue weighted by molar-refractivity contribution is 6.31. The van der Waals surface area contributed by atoms with Crippen LogP contribution in [0.4, 0.5) is 10.5 Å².